The Hall–Kier alpha value is -0.760. The summed E-state index contributed by atoms with van der Waals surface area (Å²) in [4.78, 5) is 0. The molecule has 0 amide bonds. The Morgan fingerprint density at radius 1 is 0.829 bits per heavy atom. The normalized spacial score (nSPS) is 37.5. The highest BCUT2D eigenvalue weighted by Crippen LogP contribution is 2.42. The summed E-state index contributed by atoms with van der Waals surface area (Å²) in [5, 5.41) is 0. The molecule has 4 fully saturated rings. The lowest BCUT2D eigenvalue weighted by atomic mass is 9.89. The molecular weight excluding hydrogens is 444 g/mol. The van der Waals surface area contributed by atoms with Gasteiger partial charge in [0.05, 0.1) is 18.3 Å². The van der Waals surface area contributed by atoms with Crippen molar-refractivity contribution < 1.29 is 28.4 Å². The van der Waals surface area contributed by atoms with Crippen LogP contribution in [0.15, 0.2) is 24.8 Å². The first-order valence-corrected chi connectivity index (χ1v) is 14.4. The lowest BCUT2D eigenvalue weighted by molar-refractivity contribution is -0.203. The molecule has 200 valence electrons. The molecule has 0 spiro atoms. The van der Waals surface area contributed by atoms with Gasteiger partial charge in [-0.25, -0.2) is 0 Å². The van der Waals surface area contributed by atoms with E-state index in [1.807, 2.05) is 6.08 Å². The molecule has 4 rings (SSSR count). The highest BCUT2D eigenvalue weighted by atomic mass is 16.7. The fourth-order valence-electron chi connectivity index (χ4n) is 5.94. The van der Waals surface area contributed by atoms with E-state index in [-0.39, 0.29) is 43.1 Å². The minimum atomic E-state index is -0.114. The quantitative estimate of drug-likeness (QED) is 0.298. The third-order valence-electron chi connectivity index (χ3n) is 7.82. The summed E-state index contributed by atoms with van der Waals surface area (Å²) in [5.41, 5.74) is 0. The van der Waals surface area contributed by atoms with Crippen LogP contribution in [0.2, 0.25) is 0 Å². The monoisotopic (exact) mass is 492 g/mol. The average Bonchev–Trinajstić information content (AvgIpc) is 3.20. The van der Waals surface area contributed by atoms with Gasteiger partial charge in [0.1, 0.15) is 0 Å². The highest BCUT2D eigenvalue weighted by molar-refractivity contribution is 5.07. The summed E-state index contributed by atoms with van der Waals surface area (Å²) < 4.78 is 37.3. The standard InChI is InChI=1S/C29H48O6/c1-3-11-22(33-27-13-5-8-18-30-27)16-17-24-23(12-4-2)25(34-28-14-6-9-19-31-28)21-26(24)35-29-15-7-10-20-32-29/h4,16-17,22-29H,2-3,5-15,18-21H2,1H3/t22-,23+,24+,25-,26+,27?,28?,29?/m0/s1. The van der Waals surface area contributed by atoms with Gasteiger partial charge in [-0.2, -0.15) is 0 Å². The van der Waals surface area contributed by atoms with E-state index in [0.29, 0.717) is 5.92 Å². The summed E-state index contributed by atoms with van der Waals surface area (Å²) in [6, 6.07) is 0. The van der Waals surface area contributed by atoms with Crippen molar-refractivity contribution >= 4 is 0 Å². The topological polar surface area (TPSA) is 55.4 Å². The molecule has 6 heteroatoms. The molecular formula is C29H48O6. The SMILES string of the molecule is C=CC[C@@H]1[C@@H](C=C[C@H](CCC)OC2CCCCO2)[C@H](OC2CCCCO2)C[C@@H]1OC1CCCCO1. The van der Waals surface area contributed by atoms with Crippen LogP contribution in [0, 0.1) is 11.8 Å². The minimum absolute atomic E-state index is 0.0562. The molecule has 3 aliphatic heterocycles. The molecule has 3 saturated heterocycles. The van der Waals surface area contributed by atoms with E-state index in [1.54, 1.807) is 0 Å². The first-order chi connectivity index (χ1) is 17.3. The van der Waals surface area contributed by atoms with Crippen LogP contribution < -0.4 is 0 Å². The zero-order valence-corrected chi connectivity index (χ0v) is 21.8. The Bertz CT molecular complexity index is 621. The number of rotatable bonds is 12. The molecule has 4 aliphatic rings. The number of hydrogen-bond acceptors (Lipinski definition) is 6. The molecule has 0 bridgehead atoms. The fraction of sp³-hybridized carbons (Fsp3) is 0.862. The van der Waals surface area contributed by atoms with Crippen LogP contribution in [0.1, 0.15) is 90.4 Å². The second kappa shape index (κ2) is 14.8. The Morgan fingerprint density at radius 3 is 1.97 bits per heavy atom. The number of allylic oxidation sites excluding steroid dienone is 1. The first kappa shape index (κ1) is 27.3. The lowest BCUT2D eigenvalue weighted by Gasteiger charge is -2.30. The average molecular weight is 493 g/mol. The van der Waals surface area contributed by atoms with Crippen LogP contribution in [0.4, 0.5) is 0 Å². The van der Waals surface area contributed by atoms with E-state index >= 15 is 0 Å². The molecule has 6 nitrogen and oxygen atoms in total. The van der Waals surface area contributed by atoms with Crippen molar-refractivity contribution in [3.05, 3.63) is 24.8 Å². The van der Waals surface area contributed by atoms with E-state index in [9.17, 15) is 0 Å². The van der Waals surface area contributed by atoms with Crippen LogP contribution in [-0.4, -0.2) is 57.0 Å². The zero-order chi connectivity index (χ0) is 24.3. The molecule has 1 aliphatic carbocycles. The van der Waals surface area contributed by atoms with Crippen LogP contribution in [0.25, 0.3) is 0 Å². The lowest BCUT2D eigenvalue weighted by Crippen LogP contribution is -2.31. The third kappa shape index (κ3) is 8.37. The van der Waals surface area contributed by atoms with Crippen molar-refractivity contribution in [1.29, 1.82) is 0 Å². The van der Waals surface area contributed by atoms with Crippen LogP contribution in [-0.2, 0) is 28.4 Å². The van der Waals surface area contributed by atoms with Gasteiger partial charge < -0.3 is 28.4 Å². The summed E-state index contributed by atoms with van der Waals surface area (Å²) in [6.07, 6.45) is 20.2. The van der Waals surface area contributed by atoms with Crippen molar-refractivity contribution in [2.45, 2.75) is 128 Å². The van der Waals surface area contributed by atoms with Crippen LogP contribution in [0.3, 0.4) is 0 Å². The Labute approximate surface area is 212 Å². The van der Waals surface area contributed by atoms with Crippen molar-refractivity contribution in [2.75, 3.05) is 19.8 Å². The smallest absolute Gasteiger partial charge is 0.158 e. The van der Waals surface area contributed by atoms with Gasteiger partial charge in [0.25, 0.3) is 0 Å². The van der Waals surface area contributed by atoms with E-state index in [2.05, 4.69) is 25.7 Å². The second-order valence-electron chi connectivity index (χ2n) is 10.6. The summed E-state index contributed by atoms with van der Waals surface area (Å²) >= 11 is 0. The van der Waals surface area contributed by atoms with Gasteiger partial charge in [-0.3, -0.25) is 0 Å². The van der Waals surface area contributed by atoms with Crippen molar-refractivity contribution in [3.8, 4) is 0 Å². The van der Waals surface area contributed by atoms with Gasteiger partial charge in [-0.1, -0.05) is 31.6 Å². The maximum atomic E-state index is 6.61. The molecule has 3 heterocycles. The van der Waals surface area contributed by atoms with Crippen LogP contribution in [0.5, 0.6) is 0 Å². The molecule has 1 saturated carbocycles. The van der Waals surface area contributed by atoms with Gasteiger partial charge in [-0.15, -0.1) is 6.58 Å². The van der Waals surface area contributed by atoms with E-state index in [1.165, 1.54) is 12.8 Å². The van der Waals surface area contributed by atoms with Crippen molar-refractivity contribution in [3.63, 3.8) is 0 Å². The predicted octanol–water partition coefficient (Wildman–Crippen LogP) is 6.29. The second-order valence-corrected chi connectivity index (χ2v) is 10.6. The van der Waals surface area contributed by atoms with Gasteiger partial charge in [0.15, 0.2) is 18.9 Å². The largest absolute Gasteiger partial charge is 0.353 e. The molecule has 0 N–H and O–H groups in total. The summed E-state index contributed by atoms with van der Waals surface area (Å²) in [7, 11) is 0. The molecule has 0 radical (unpaired) electrons. The Balaban J connectivity index is 1.47. The fourth-order valence-corrected chi connectivity index (χ4v) is 5.94. The molecule has 3 unspecified atom stereocenters. The van der Waals surface area contributed by atoms with Gasteiger partial charge >= 0.3 is 0 Å². The number of ether oxygens (including phenoxy) is 6. The van der Waals surface area contributed by atoms with Gasteiger partial charge in [-0.05, 0) is 76.5 Å². The molecule has 0 aromatic carbocycles. The molecule has 0 aromatic heterocycles. The third-order valence-corrected chi connectivity index (χ3v) is 7.82. The zero-order valence-electron chi connectivity index (χ0n) is 21.8. The van der Waals surface area contributed by atoms with Crippen molar-refractivity contribution in [2.24, 2.45) is 11.8 Å². The summed E-state index contributed by atoms with van der Waals surface area (Å²) in [6.45, 7) is 8.66. The molecule has 8 atom stereocenters. The minimum Gasteiger partial charge on any atom is -0.353 e. The van der Waals surface area contributed by atoms with Gasteiger partial charge in [0.2, 0.25) is 0 Å². The maximum absolute atomic E-state index is 6.61. The highest BCUT2D eigenvalue weighted by Gasteiger charge is 2.45. The molecule has 35 heavy (non-hydrogen) atoms. The Morgan fingerprint density at radius 2 is 1.43 bits per heavy atom. The van der Waals surface area contributed by atoms with Gasteiger partial charge in [0, 0.05) is 32.2 Å². The summed E-state index contributed by atoms with van der Waals surface area (Å²) in [5.74, 6) is 0.526. The van der Waals surface area contributed by atoms with E-state index in [0.717, 1.165) is 90.4 Å². The number of hydrogen-bond donors (Lipinski definition) is 0. The molecule has 0 aromatic rings. The first-order valence-electron chi connectivity index (χ1n) is 14.4. The van der Waals surface area contributed by atoms with Crippen LogP contribution >= 0.6 is 0 Å². The maximum Gasteiger partial charge on any atom is 0.158 e. The predicted molar refractivity (Wildman–Crippen MR) is 136 cm³/mol. The van der Waals surface area contributed by atoms with E-state index in [4.69, 9.17) is 28.4 Å². The van der Waals surface area contributed by atoms with E-state index < -0.39 is 0 Å². The van der Waals surface area contributed by atoms with Crippen molar-refractivity contribution in [1.82, 2.24) is 0 Å². The Kier molecular flexibility index (Phi) is 11.6.